The summed E-state index contributed by atoms with van der Waals surface area (Å²) in [6.45, 7) is 2.64. The van der Waals surface area contributed by atoms with E-state index < -0.39 is 0 Å². The second-order valence-electron chi connectivity index (χ2n) is 2.63. The molecule has 0 aliphatic heterocycles. The van der Waals surface area contributed by atoms with Gasteiger partial charge in [-0.05, 0) is 6.07 Å². The number of methoxy groups -OCH3 is 1. The Hall–Kier alpha value is -1.20. The highest BCUT2D eigenvalue weighted by Gasteiger charge is 1.91. The number of rotatable bonds is 7. The van der Waals surface area contributed by atoms with Crippen molar-refractivity contribution in [1.29, 1.82) is 0 Å². The molecule has 1 heterocycles. The van der Waals surface area contributed by atoms with Crippen LogP contribution in [0.15, 0.2) is 18.6 Å². The lowest BCUT2D eigenvalue weighted by atomic mass is 10.5. The first-order valence-electron chi connectivity index (χ1n) is 4.50. The van der Waals surface area contributed by atoms with Crippen LogP contribution >= 0.6 is 0 Å². The average Bonchev–Trinajstić information content (AvgIpc) is 2.25. The van der Waals surface area contributed by atoms with Crippen LogP contribution < -0.4 is 5.32 Å². The Morgan fingerprint density at radius 1 is 1.36 bits per heavy atom. The Labute approximate surface area is 83.5 Å². The molecule has 14 heavy (non-hydrogen) atoms. The van der Waals surface area contributed by atoms with Crippen LogP contribution in [0.1, 0.15) is 0 Å². The smallest absolute Gasteiger partial charge is 0.129 e. The third-order valence-electron chi connectivity index (χ3n) is 1.57. The quantitative estimate of drug-likeness (QED) is 0.647. The predicted molar refractivity (Wildman–Crippen MR) is 53.2 cm³/mol. The van der Waals surface area contributed by atoms with Gasteiger partial charge in [0.25, 0.3) is 0 Å². The Balaban J connectivity index is 1.99. The van der Waals surface area contributed by atoms with Crippen LogP contribution in [0.5, 0.6) is 0 Å². The van der Waals surface area contributed by atoms with Crippen molar-refractivity contribution in [2.75, 3.05) is 38.8 Å². The van der Waals surface area contributed by atoms with Gasteiger partial charge in [-0.3, -0.25) is 0 Å². The number of hydrogen-bond donors (Lipinski definition) is 1. The molecule has 0 bridgehead atoms. The Kier molecular flexibility index (Phi) is 5.62. The van der Waals surface area contributed by atoms with Crippen molar-refractivity contribution in [3.63, 3.8) is 0 Å². The minimum absolute atomic E-state index is 0.627. The van der Waals surface area contributed by atoms with E-state index in [2.05, 4.69) is 15.3 Å². The largest absolute Gasteiger partial charge is 0.382 e. The van der Waals surface area contributed by atoms with Crippen molar-refractivity contribution < 1.29 is 9.47 Å². The highest BCUT2D eigenvalue weighted by atomic mass is 16.5. The molecule has 0 unspecified atom stereocenters. The van der Waals surface area contributed by atoms with E-state index in [4.69, 9.17) is 9.47 Å². The second-order valence-corrected chi connectivity index (χ2v) is 2.63. The summed E-state index contributed by atoms with van der Waals surface area (Å²) in [6.07, 6.45) is 3.20. The fourth-order valence-corrected chi connectivity index (χ4v) is 0.891. The second kappa shape index (κ2) is 7.23. The average molecular weight is 197 g/mol. The summed E-state index contributed by atoms with van der Waals surface area (Å²) in [6, 6.07) is 1.81. The number of hydrogen-bond acceptors (Lipinski definition) is 5. The molecule has 5 nitrogen and oxygen atoms in total. The van der Waals surface area contributed by atoms with Crippen LogP contribution in [0.4, 0.5) is 5.82 Å². The first-order valence-corrected chi connectivity index (χ1v) is 4.50. The fraction of sp³-hybridized carbons (Fsp3) is 0.556. The highest BCUT2D eigenvalue weighted by molar-refractivity contribution is 5.31. The lowest BCUT2D eigenvalue weighted by Crippen LogP contribution is -2.12. The van der Waals surface area contributed by atoms with Gasteiger partial charge in [0.05, 0.1) is 19.8 Å². The first-order chi connectivity index (χ1) is 6.93. The van der Waals surface area contributed by atoms with Gasteiger partial charge in [-0.1, -0.05) is 0 Å². The van der Waals surface area contributed by atoms with Crippen LogP contribution in [0.2, 0.25) is 0 Å². The van der Waals surface area contributed by atoms with Crippen molar-refractivity contribution in [3.8, 4) is 0 Å². The number of nitrogens with zero attached hydrogens (tertiary/aromatic N) is 2. The molecule has 78 valence electrons. The van der Waals surface area contributed by atoms with Crippen LogP contribution in [0.25, 0.3) is 0 Å². The molecule has 0 aromatic carbocycles. The van der Waals surface area contributed by atoms with E-state index in [1.165, 1.54) is 6.33 Å². The summed E-state index contributed by atoms with van der Waals surface area (Å²) in [5.41, 5.74) is 0. The third-order valence-corrected chi connectivity index (χ3v) is 1.57. The zero-order valence-corrected chi connectivity index (χ0v) is 8.27. The van der Waals surface area contributed by atoms with Crippen LogP contribution in [0, 0.1) is 0 Å². The van der Waals surface area contributed by atoms with Gasteiger partial charge in [0.2, 0.25) is 0 Å². The van der Waals surface area contributed by atoms with Gasteiger partial charge >= 0.3 is 0 Å². The molecule has 0 saturated carbocycles. The Morgan fingerprint density at radius 3 is 3.00 bits per heavy atom. The molecular weight excluding hydrogens is 182 g/mol. The normalized spacial score (nSPS) is 10.1. The molecule has 0 spiro atoms. The maximum Gasteiger partial charge on any atom is 0.129 e. The standard InChI is InChI=1S/C9H15N3O2/c1-13-6-7-14-5-4-11-9-2-3-10-8-12-9/h2-3,8H,4-7H2,1H3,(H,10,11,12). The van der Waals surface area contributed by atoms with Gasteiger partial charge in [0.15, 0.2) is 0 Å². The maximum absolute atomic E-state index is 5.26. The molecule has 0 saturated heterocycles. The van der Waals surface area contributed by atoms with E-state index in [1.54, 1.807) is 13.3 Å². The highest BCUT2D eigenvalue weighted by Crippen LogP contribution is 1.96. The Bertz CT molecular complexity index is 231. The molecule has 0 fully saturated rings. The molecule has 1 aromatic heterocycles. The zero-order chi connectivity index (χ0) is 10.1. The molecule has 5 heteroatoms. The minimum atomic E-state index is 0.627. The van der Waals surface area contributed by atoms with E-state index in [0.717, 1.165) is 12.4 Å². The van der Waals surface area contributed by atoms with E-state index in [-0.39, 0.29) is 0 Å². The van der Waals surface area contributed by atoms with E-state index >= 15 is 0 Å². The minimum Gasteiger partial charge on any atom is -0.382 e. The topological polar surface area (TPSA) is 56.3 Å². The van der Waals surface area contributed by atoms with Gasteiger partial charge in [-0.25, -0.2) is 9.97 Å². The van der Waals surface area contributed by atoms with E-state index in [9.17, 15) is 0 Å². The van der Waals surface area contributed by atoms with Crippen molar-refractivity contribution in [2.24, 2.45) is 0 Å². The third kappa shape index (κ3) is 4.74. The van der Waals surface area contributed by atoms with Crippen molar-refractivity contribution >= 4 is 5.82 Å². The first kappa shape index (κ1) is 10.9. The molecule has 1 rings (SSSR count). The molecule has 0 atom stereocenters. The summed E-state index contributed by atoms with van der Waals surface area (Å²) in [5.74, 6) is 0.815. The lowest BCUT2D eigenvalue weighted by molar-refractivity contribution is 0.0759. The fourth-order valence-electron chi connectivity index (χ4n) is 0.891. The Morgan fingerprint density at radius 2 is 2.29 bits per heavy atom. The molecule has 1 aromatic rings. The number of nitrogens with one attached hydrogen (secondary N) is 1. The van der Waals surface area contributed by atoms with Crippen molar-refractivity contribution in [3.05, 3.63) is 18.6 Å². The SMILES string of the molecule is COCCOCCNc1ccncn1. The van der Waals surface area contributed by atoms with Crippen molar-refractivity contribution in [2.45, 2.75) is 0 Å². The molecule has 0 aliphatic carbocycles. The van der Waals surface area contributed by atoms with Crippen LogP contribution in [-0.4, -0.2) is 43.4 Å². The van der Waals surface area contributed by atoms with Gasteiger partial charge in [-0.2, -0.15) is 0 Å². The van der Waals surface area contributed by atoms with Gasteiger partial charge in [0, 0.05) is 19.9 Å². The maximum atomic E-state index is 5.26. The number of aromatic nitrogens is 2. The van der Waals surface area contributed by atoms with Gasteiger partial charge in [0.1, 0.15) is 12.1 Å². The molecule has 1 N–H and O–H groups in total. The summed E-state index contributed by atoms with van der Waals surface area (Å²) in [7, 11) is 1.66. The van der Waals surface area contributed by atoms with Crippen LogP contribution in [0.3, 0.4) is 0 Å². The van der Waals surface area contributed by atoms with Gasteiger partial charge < -0.3 is 14.8 Å². The van der Waals surface area contributed by atoms with Crippen molar-refractivity contribution in [1.82, 2.24) is 9.97 Å². The lowest BCUT2D eigenvalue weighted by Gasteiger charge is -2.05. The predicted octanol–water partition coefficient (Wildman–Crippen LogP) is 0.551. The summed E-state index contributed by atoms with van der Waals surface area (Å²) in [4.78, 5) is 7.83. The van der Waals surface area contributed by atoms with E-state index in [1.807, 2.05) is 6.07 Å². The molecule has 0 radical (unpaired) electrons. The van der Waals surface area contributed by atoms with Crippen LogP contribution in [-0.2, 0) is 9.47 Å². The molecular formula is C9H15N3O2. The number of ether oxygens (including phenoxy) is 2. The van der Waals surface area contributed by atoms with E-state index in [0.29, 0.717) is 19.8 Å². The monoisotopic (exact) mass is 197 g/mol. The van der Waals surface area contributed by atoms with Gasteiger partial charge in [-0.15, -0.1) is 0 Å². The summed E-state index contributed by atoms with van der Waals surface area (Å²) >= 11 is 0. The zero-order valence-electron chi connectivity index (χ0n) is 8.27. The summed E-state index contributed by atoms with van der Waals surface area (Å²) < 4.78 is 10.1. The summed E-state index contributed by atoms with van der Waals surface area (Å²) in [5, 5.41) is 3.10. The molecule has 0 amide bonds. The number of anilines is 1. The molecule has 0 aliphatic rings.